The Morgan fingerprint density at radius 1 is 1.07 bits per heavy atom. The summed E-state index contributed by atoms with van der Waals surface area (Å²) in [6.45, 7) is 14.2. The molecule has 9 nitrogen and oxygen atoms in total. The minimum Gasteiger partial charge on any atom is -0.399 e. The van der Waals surface area contributed by atoms with Crippen molar-refractivity contribution in [3.05, 3.63) is 71.8 Å². The average Bonchev–Trinajstić information content (AvgIpc) is 3.50. The van der Waals surface area contributed by atoms with Crippen LogP contribution in [0.3, 0.4) is 0 Å². The van der Waals surface area contributed by atoms with Crippen molar-refractivity contribution in [2.24, 2.45) is 17.2 Å². The van der Waals surface area contributed by atoms with E-state index in [1.165, 1.54) is 5.56 Å². The number of fused-ring (bicyclic) bond motifs is 1. The van der Waals surface area contributed by atoms with Gasteiger partial charge in [-0.05, 0) is 72.3 Å². The van der Waals surface area contributed by atoms with Crippen molar-refractivity contribution in [2.75, 3.05) is 49.6 Å². The Bertz CT molecular complexity index is 1400. The molecule has 3 aromatic rings. The lowest BCUT2D eigenvalue weighted by Crippen LogP contribution is -2.28. The maximum absolute atomic E-state index is 6.48. The summed E-state index contributed by atoms with van der Waals surface area (Å²) in [5.41, 5.74) is 33.5. The zero-order valence-electron chi connectivity index (χ0n) is 24.0. The molecule has 0 saturated carbocycles. The quantitative estimate of drug-likeness (QED) is 0.141. The van der Waals surface area contributed by atoms with Crippen LogP contribution in [0.2, 0.25) is 0 Å². The fraction of sp³-hybridized carbons (Fsp3) is 0.387. The van der Waals surface area contributed by atoms with Crippen molar-refractivity contribution in [1.82, 2.24) is 14.5 Å². The SMILES string of the molecule is C=C(N)c1cc(N)c(NC/C=C/Cn2c(NC)nc3cc(C(=C)N)cc(CCC)c32)c(CCN2CCC(N)C2)c1. The molecule has 1 atom stereocenters. The molecule has 1 aliphatic heterocycles. The highest BCUT2D eigenvalue weighted by Crippen LogP contribution is 2.29. The molecular weight excluding hydrogens is 498 g/mol. The number of hydrogen-bond donors (Lipinski definition) is 6. The number of allylic oxidation sites excluding steroid dienone is 1. The van der Waals surface area contributed by atoms with Gasteiger partial charge in [0.1, 0.15) is 0 Å². The molecule has 0 amide bonds. The van der Waals surface area contributed by atoms with Gasteiger partial charge in [-0.15, -0.1) is 0 Å². The second-order valence-corrected chi connectivity index (χ2v) is 10.7. The maximum Gasteiger partial charge on any atom is 0.203 e. The van der Waals surface area contributed by atoms with E-state index in [2.05, 4.69) is 64.5 Å². The summed E-state index contributed by atoms with van der Waals surface area (Å²) >= 11 is 0. The monoisotopic (exact) mass is 543 g/mol. The Balaban J connectivity index is 1.50. The minimum atomic E-state index is 0.263. The molecule has 1 aliphatic rings. The van der Waals surface area contributed by atoms with Crippen molar-refractivity contribution in [2.45, 2.75) is 45.2 Å². The van der Waals surface area contributed by atoms with Gasteiger partial charge in [0.05, 0.1) is 22.4 Å². The van der Waals surface area contributed by atoms with Crippen LogP contribution in [0.1, 0.15) is 42.0 Å². The van der Waals surface area contributed by atoms with Crippen molar-refractivity contribution >= 4 is 39.8 Å². The van der Waals surface area contributed by atoms with Crippen molar-refractivity contribution in [3.63, 3.8) is 0 Å². The van der Waals surface area contributed by atoms with E-state index in [0.717, 1.165) is 84.7 Å². The summed E-state index contributed by atoms with van der Waals surface area (Å²) in [7, 11) is 1.89. The molecule has 1 aromatic heterocycles. The molecule has 1 saturated heterocycles. The molecule has 1 fully saturated rings. The molecule has 0 spiro atoms. The number of anilines is 3. The van der Waals surface area contributed by atoms with E-state index in [9.17, 15) is 0 Å². The topological polar surface area (TPSA) is 149 Å². The van der Waals surface area contributed by atoms with Crippen LogP contribution in [0.15, 0.2) is 49.6 Å². The molecule has 2 aromatic carbocycles. The number of imidazole rings is 1. The van der Waals surface area contributed by atoms with Crippen LogP contribution in [-0.4, -0.2) is 53.7 Å². The maximum atomic E-state index is 6.48. The van der Waals surface area contributed by atoms with Crippen molar-refractivity contribution < 1.29 is 0 Å². The smallest absolute Gasteiger partial charge is 0.203 e. The van der Waals surface area contributed by atoms with Gasteiger partial charge in [-0.2, -0.15) is 0 Å². The zero-order valence-corrected chi connectivity index (χ0v) is 24.0. The van der Waals surface area contributed by atoms with E-state index >= 15 is 0 Å². The first-order valence-electron chi connectivity index (χ1n) is 14.1. The Morgan fingerprint density at radius 2 is 1.80 bits per heavy atom. The lowest BCUT2D eigenvalue weighted by molar-refractivity contribution is 0.339. The number of nitrogen functional groups attached to an aromatic ring is 1. The molecular formula is C31H45N9. The highest BCUT2D eigenvalue weighted by Gasteiger charge is 2.19. The van der Waals surface area contributed by atoms with E-state index in [0.29, 0.717) is 30.2 Å². The number of likely N-dealkylation sites (tertiary alicyclic amines) is 1. The van der Waals surface area contributed by atoms with Crippen LogP contribution >= 0.6 is 0 Å². The van der Waals surface area contributed by atoms with Gasteiger partial charge in [-0.3, -0.25) is 0 Å². The number of rotatable bonds is 13. The van der Waals surface area contributed by atoms with Crippen LogP contribution in [-0.2, 0) is 19.4 Å². The Morgan fingerprint density at radius 3 is 2.45 bits per heavy atom. The van der Waals surface area contributed by atoms with Gasteiger partial charge in [-0.1, -0.05) is 38.7 Å². The Hall–Kier alpha value is -3.95. The Labute approximate surface area is 238 Å². The van der Waals surface area contributed by atoms with Crippen LogP contribution in [0.25, 0.3) is 22.4 Å². The van der Waals surface area contributed by atoms with Gasteiger partial charge in [0, 0.05) is 50.7 Å². The standard InChI is InChI=1S/C31H45N9/c1-5-8-23-16-25(21(3)33)18-28-30(23)40(31(36-4)38-28)12-7-6-11-37-29-22(9-13-39-14-10-26(34)19-39)15-24(20(2)32)17-27(29)35/h6-7,15-18,26,37H,2-3,5,8-14,19,32-35H2,1,4H3,(H,36,38)/b7-6+. The molecule has 0 radical (unpaired) electrons. The van der Waals surface area contributed by atoms with E-state index < -0.39 is 0 Å². The molecule has 0 aliphatic carbocycles. The fourth-order valence-electron chi connectivity index (χ4n) is 5.46. The summed E-state index contributed by atoms with van der Waals surface area (Å²) in [5.74, 6) is 0.815. The first-order chi connectivity index (χ1) is 19.2. The first-order valence-corrected chi connectivity index (χ1v) is 14.1. The predicted molar refractivity (Wildman–Crippen MR) is 171 cm³/mol. The average molecular weight is 544 g/mol. The zero-order chi connectivity index (χ0) is 28.8. The molecule has 40 heavy (non-hydrogen) atoms. The molecule has 1 unspecified atom stereocenters. The Kier molecular flexibility index (Phi) is 9.39. The molecule has 214 valence electrons. The van der Waals surface area contributed by atoms with Gasteiger partial charge in [0.15, 0.2) is 0 Å². The summed E-state index contributed by atoms with van der Waals surface area (Å²) in [6.07, 6.45) is 8.14. The molecule has 2 heterocycles. The van der Waals surface area contributed by atoms with Gasteiger partial charge < -0.3 is 43.0 Å². The van der Waals surface area contributed by atoms with Crippen molar-refractivity contribution in [3.8, 4) is 0 Å². The highest BCUT2D eigenvalue weighted by atomic mass is 15.2. The fourth-order valence-corrected chi connectivity index (χ4v) is 5.46. The van der Waals surface area contributed by atoms with Gasteiger partial charge in [0.25, 0.3) is 0 Å². The van der Waals surface area contributed by atoms with E-state index in [-0.39, 0.29) is 6.04 Å². The van der Waals surface area contributed by atoms with E-state index in [1.807, 2.05) is 19.2 Å². The molecule has 10 N–H and O–H groups in total. The van der Waals surface area contributed by atoms with Crippen LogP contribution < -0.4 is 33.6 Å². The summed E-state index contributed by atoms with van der Waals surface area (Å²) in [5, 5.41) is 6.78. The second kappa shape index (κ2) is 12.9. The largest absolute Gasteiger partial charge is 0.399 e. The van der Waals surface area contributed by atoms with Gasteiger partial charge in [0.2, 0.25) is 5.95 Å². The molecule has 4 rings (SSSR count). The van der Waals surface area contributed by atoms with Crippen LogP contribution in [0.4, 0.5) is 17.3 Å². The number of aryl methyl sites for hydroxylation is 1. The number of benzene rings is 2. The lowest BCUT2D eigenvalue weighted by atomic mass is 10.0. The van der Waals surface area contributed by atoms with E-state index in [1.54, 1.807) is 0 Å². The number of aromatic nitrogens is 2. The predicted octanol–water partition coefficient (Wildman–Crippen LogP) is 3.72. The second-order valence-electron chi connectivity index (χ2n) is 10.7. The number of nitrogens with one attached hydrogen (secondary N) is 2. The normalized spacial score (nSPS) is 15.7. The molecule has 9 heteroatoms. The number of nitrogens with zero attached hydrogens (tertiary/aromatic N) is 3. The lowest BCUT2D eigenvalue weighted by Gasteiger charge is -2.19. The summed E-state index contributed by atoms with van der Waals surface area (Å²) in [6, 6.07) is 8.40. The summed E-state index contributed by atoms with van der Waals surface area (Å²) in [4.78, 5) is 7.23. The number of nitrogens with two attached hydrogens (primary N) is 4. The number of hydrogen-bond acceptors (Lipinski definition) is 8. The first kappa shape index (κ1) is 29.0. The van der Waals surface area contributed by atoms with Crippen molar-refractivity contribution in [1.29, 1.82) is 0 Å². The minimum absolute atomic E-state index is 0.263. The highest BCUT2D eigenvalue weighted by molar-refractivity contribution is 5.86. The third-order valence-corrected chi connectivity index (χ3v) is 7.51. The summed E-state index contributed by atoms with van der Waals surface area (Å²) < 4.78 is 2.21. The molecule has 0 bridgehead atoms. The van der Waals surface area contributed by atoms with Crippen LogP contribution in [0.5, 0.6) is 0 Å². The third-order valence-electron chi connectivity index (χ3n) is 7.51. The van der Waals surface area contributed by atoms with Gasteiger partial charge >= 0.3 is 0 Å². The third kappa shape index (κ3) is 6.60. The van der Waals surface area contributed by atoms with Gasteiger partial charge in [-0.25, -0.2) is 4.98 Å². The van der Waals surface area contributed by atoms with Crippen LogP contribution in [0, 0.1) is 0 Å². The van der Waals surface area contributed by atoms with E-state index in [4.69, 9.17) is 27.9 Å².